The molecule has 0 spiro atoms. The summed E-state index contributed by atoms with van der Waals surface area (Å²) in [5, 5.41) is 21.4. The summed E-state index contributed by atoms with van der Waals surface area (Å²) >= 11 is 0. The Bertz CT molecular complexity index is 1260. The number of aliphatic hydroxyl groups is 1. The maximum atomic E-state index is 13.2. The molecule has 172 valence electrons. The second-order valence-electron chi connectivity index (χ2n) is 7.74. The number of aliphatic hydroxyl groups excluding tert-OH is 1. The third-order valence-electron chi connectivity index (χ3n) is 5.74. The van der Waals surface area contributed by atoms with Crippen LogP contribution in [0.1, 0.15) is 29.4 Å². The largest absolute Gasteiger partial charge is 0.505 e. The molecule has 1 saturated heterocycles. The number of imidazole rings is 1. The first-order chi connectivity index (χ1) is 15.9. The number of phenols is 1. The standard InChI is InChI=1S/C24H25N3O6/c1-14-20(26-10-5-4-7-18(26)25-14)22(29)19-21(15-8-9-16(28)17(13-15)33-3)27(11-6-12-32-2)24(31)23(19)30/h4-5,7-10,13,21,28-29H,6,11-12H2,1-3H3/b22-19+. The van der Waals surface area contributed by atoms with Crippen molar-refractivity contribution < 1.29 is 29.3 Å². The summed E-state index contributed by atoms with van der Waals surface area (Å²) in [5.74, 6) is -1.68. The Morgan fingerprint density at radius 1 is 1.18 bits per heavy atom. The van der Waals surface area contributed by atoms with Gasteiger partial charge in [-0.25, -0.2) is 4.98 Å². The van der Waals surface area contributed by atoms with E-state index in [2.05, 4.69) is 4.98 Å². The summed E-state index contributed by atoms with van der Waals surface area (Å²) in [6.45, 7) is 2.38. The number of amides is 1. The average Bonchev–Trinajstić information content (AvgIpc) is 3.27. The summed E-state index contributed by atoms with van der Waals surface area (Å²) in [6.07, 6.45) is 2.24. The third kappa shape index (κ3) is 3.80. The van der Waals surface area contributed by atoms with E-state index in [0.29, 0.717) is 35.6 Å². The van der Waals surface area contributed by atoms with Gasteiger partial charge in [-0.1, -0.05) is 12.1 Å². The maximum Gasteiger partial charge on any atom is 0.295 e. The van der Waals surface area contributed by atoms with E-state index in [1.165, 1.54) is 18.1 Å². The Kier molecular flexibility index (Phi) is 6.06. The lowest BCUT2D eigenvalue weighted by molar-refractivity contribution is -0.140. The van der Waals surface area contributed by atoms with Crippen LogP contribution >= 0.6 is 0 Å². The number of Topliss-reactive ketones (excluding diaryl/α,β-unsaturated/α-hetero) is 1. The topological polar surface area (TPSA) is 114 Å². The fourth-order valence-electron chi connectivity index (χ4n) is 4.23. The fourth-order valence-corrected chi connectivity index (χ4v) is 4.23. The predicted octanol–water partition coefficient (Wildman–Crippen LogP) is 2.82. The van der Waals surface area contributed by atoms with Gasteiger partial charge in [-0.2, -0.15) is 0 Å². The number of carbonyl (C=O) groups is 2. The molecule has 9 nitrogen and oxygen atoms in total. The highest BCUT2D eigenvalue weighted by Gasteiger charge is 2.46. The minimum Gasteiger partial charge on any atom is -0.505 e. The summed E-state index contributed by atoms with van der Waals surface area (Å²) in [6, 6.07) is 9.12. The number of fused-ring (bicyclic) bond motifs is 1. The summed E-state index contributed by atoms with van der Waals surface area (Å²) in [4.78, 5) is 32.1. The van der Waals surface area contributed by atoms with Crippen molar-refractivity contribution in [1.29, 1.82) is 0 Å². The van der Waals surface area contributed by atoms with Gasteiger partial charge in [0.2, 0.25) is 0 Å². The fraction of sp³-hybridized carbons (Fsp3) is 0.292. The molecule has 0 bridgehead atoms. The van der Waals surface area contributed by atoms with Crippen LogP contribution in [0.15, 0.2) is 48.2 Å². The van der Waals surface area contributed by atoms with E-state index in [-0.39, 0.29) is 29.4 Å². The third-order valence-corrected chi connectivity index (χ3v) is 5.74. The molecule has 2 N–H and O–H groups in total. The van der Waals surface area contributed by atoms with Crippen molar-refractivity contribution >= 4 is 23.1 Å². The normalized spacial score (nSPS) is 17.8. The average molecular weight is 451 g/mol. The highest BCUT2D eigenvalue weighted by atomic mass is 16.5. The Hall–Kier alpha value is -3.85. The lowest BCUT2D eigenvalue weighted by atomic mass is 9.96. The number of likely N-dealkylation sites (tertiary alicyclic amines) is 1. The Morgan fingerprint density at radius 3 is 2.70 bits per heavy atom. The van der Waals surface area contributed by atoms with Gasteiger partial charge < -0.3 is 24.6 Å². The van der Waals surface area contributed by atoms with E-state index < -0.39 is 17.7 Å². The number of hydrogen-bond donors (Lipinski definition) is 2. The van der Waals surface area contributed by atoms with Gasteiger partial charge in [0.05, 0.1) is 24.4 Å². The molecular formula is C24H25N3O6. The van der Waals surface area contributed by atoms with Crippen molar-refractivity contribution in [3.8, 4) is 11.5 Å². The van der Waals surface area contributed by atoms with Crippen molar-refractivity contribution in [2.45, 2.75) is 19.4 Å². The number of hydrogen-bond acceptors (Lipinski definition) is 7. The Labute approximate surface area is 190 Å². The second kappa shape index (κ2) is 8.95. The van der Waals surface area contributed by atoms with Gasteiger partial charge >= 0.3 is 0 Å². The van der Waals surface area contributed by atoms with Gasteiger partial charge in [-0.15, -0.1) is 0 Å². The van der Waals surface area contributed by atoms with E-state index in [1.807, 2.05) is 6.07 Å². The molecule has 1 aromatic carbocycles. The molecule has 1 fully saturated rings. The molecule has 2 aromatic heterocycles. The molecule has 3 heterocycles. The number of ether oxygens (including phenoxy) is 2. The van der Waals surface area contributed by atoms with Crippen LogP contribution in [0.4, 0.5) is 0 Å². The molecule has 1 aliphatic heterocycles. The van der Waals surface area contributed by atoms with Crippen LogP contribution in [0.5, 0.6) is 11.5 Å². The van der Waals surface area contributed by atoms with Crippen LogP contribution < -0.4 is 4.74 Å². The van der Waals surface area contributed by atoms with Crippen molar-refractivity contribution in [2.75, 3.05) is 27.4 Å². The molecule has 9 heteroatoms. The molecule has 1 unspecified atom stereocenters. The van der Waals surface area contributed by atoms with Crippen molar-refractivity contribution in [2.24, 2.45) is 0 Å². The van der Waals surface area contributed by atoms with Gasteiger partial charge in [0.15, 0.2) is 17.3 Å². The first kappa shape index (κ1) is 22.3. The zero-order valence-corrected chi connectivity index (χ0v) is 18.6. The molecule has 4 rings (SSSR count). The SMILES string of the molecule is COCCCN1C(=O)C(=O)/C(=C(/O)c2c(C)nc3ccccn23)C1c1ccc(O)c(OC)c1. The number of benzene rings is 1. The number of aromatic hydroxyl groups is 1. The molecule has 33 heavy (non-hydrogen) atoms. The van der Waals surface area contributed by atoms with Crippen molar-refractivity contribution in [3.63, 3.8) is 0 Å². The van der Waals surface area contributed by atoms with Crippen molar-refractivity contribution in [3.05, 3.63) is 65.1 Å². The smallest absolute Gasteiger partial charge is 0.295 e. The van der Waals surface area contributed by atoms with Crippen LogP contribution in [-0.4, -0.2) is 63.6 Å². The molecule has 1 aliphatic rings. The summed E-state index contributed by atoms with van der Waals surface area (Å²) < 4.78 is 12.0. The lowest BCUT2D eigenvalue weighted by Gasteiger charge is -2.25. The second-order valence-corrected chi connectivity index (χ2v) is 7.74. The number of methoxy groups -OCH3 is 2. The number of nitrogens with zero attached hydrogens (tertiary/aromatic N) is 3. The van der Waals surface area contributed by atoms with Crippen LogP contribution in [0.25, 0.3) is 11.4 Å². The molecule has 0 radical (unpaired) electrons. The van der Waals surface area contributed by atoms with Crippen LogP contribution in [0.2, 0.25) is 0 Å². The van der Waals surface area contributed by atoms with Gasteiger partial charge in [-0.05, 0) is 43.2 Å². The van der Waals surface area contributed by atoms with E-state index in [4.69, 9.17) is 9.47 Å². The highest BCUT2D eigenvalue weighted by molar-refractivity contribution is 6.46. The van der Waals surface area contributed by atoms with Crippen molar-refractivity contribution in [1.82, 2.24) is 14.3 Å². The molecule has 0 aliphatic carbocycles. The first-order valence-corrected chi connectivity index (χ1v) is 10.5. The zero-order chi connectivity index (χ0) is 23.7. The molecular weight excluding hydrogens is 426 g/mol. The Balaban J connectivity index is 1.93. The molecule has 0 saturated carbocycles. The number of carbonyl (C=O) groups excluding carboxylic acids is 2. The van der Waals surface area contributed by atoms with Crippen LogP contribution in [-0.2, 0) is 14.3 Å². The maximum absolute atomic E-state index is 13.2. The first-order valence-electron chi connectivity index (χ1n) is 10.5. The van der Waals surface area contributed by atoms with E-state index in [1.54, 1.807) is 48.9 Å². The number of aryl methyl sites for hydroxylation is 1. The quantitative estimate of drug-likeness (QED) is 0.246. The summed E-state index contributed by atoms with van der Waals surface area (Å²) in [7, 11) is 2.97. The number of aromatic nitrogens is 2. The van der Waals surface area contributed by atoms with Gasteiger partial charge in [-0.3, -0.25) is 14.0 Å². The predicted molar refractivity (Wildman–Crippen MR) is 120 cm³/mol. The minimum atomic E-state index is -0.870. The molecule has 3 aromatic rings. The molecule has 1 amide bonds. The summed E-state index contributed by atoms with van der Waals surface area (Å²) in [5.41, 5.74) is 1.95. The van der Waals surface area contributed by atoms with E-state index in [0.717, 1.165) is 0 Å². The minimum absolute atomic E-state index is 0.0427. The number of pyridine rings is 1. The van der Waals surface area contributed by atoms with Gasteiger partial charge in [0.25, 0.3) is 11.7 Å². The molecule has 1 atom stereocenters. The van der Waals surface area contributed by atoms with E-state index >= 15 is 0 Å². The van der Waals surface area contributed by atoms with Gasteiger partial charge in [0.1, 0.15) is 11.3 Å². The zero-order valence-electron chi connectivity index (χ0n) is 18.6. The van der Waals surface area contributed by atoms with Crippen LogP contribution in [0.3, 0.4) is 0 Å². The Morgan fingerprint density at radius 2 is 1.97 bits per heavy atom. The van der Waals surface area contributed by atoms with E-state index in [9.17, 15) is 19.8 Å². The number of phenolic OH excluding ortho intramolecular Hbond substituents is 1. The number of rotatable bonds is 7. The number of ketones is 1. The van der Waals surface area contributed by atoms with Crippen LogP contribution in [0, 0.1) is 6.92 Å². The lowest BCUT2D eigenvalue weighted by Crippen LogP contribution is -2.31. The van der Waals surface area contributed by atoms with Gasteiger partial charge in [0, 0.05) is 26.5 Å². The monoisotopic (exact) mass is 451 g/mol. The highest BCUT2D eigenvalue weighted by Crippen LogP contribution is 2.42.